The molecule has 17 heavy (non-hydrogen) atoms. The van der Waals surface area contributed by atoms with Gasteiger partial charge in [0, 0.05) is 6.61 Å². The third kappa shape index (κ3) is 5.79. The van der Waals surface area contributed by atoms with Gasteiger partial charge in [0.15, 0.2) is 8.32 Å². The van der Waals surface area contributed by atoms with Crippen LogP contribution in [0.2, 0.25) is 18.1 Å². The van der Waals surface area contributed by atoms with Gasteiger partial charge in [0.05, 0.1) is 6.61 Å². The monoisotopic (exact) mass is 262 g/mol. The van der Waals surface area contributed by atoms with Crippen molar-refractivity contribution in [3.63, 3.8) is 0 Å². The predicted molar refractivity (Wildman–Crippen MR) is 73.3 cm³/mol. The van der Waals surface area contributed by atoms with E-state index in [1.54, 1.807) is 0 Å². The Kier molecular flexibility index (Phi) is 7.20. The van der Waals surface area contributed by atoms with E-state index >= 15 is 0 Å². The molecule has 1 N–H and O–H groups in total. The standard InChI is InChI=1S/C13H27FO2Si/c1-6-9-13(2,3)17(4,5)16-10-7-8-12(14)11-15/h8,15H,6-7,9-11H2,1-5H3/b12-8+. The molecule has 0 radical (unpaired) electrons. The number of rotatable bonds is 8. The van der Waals surface area contributed by atoms with E-state index in [2.05, 4.69) is 33.9 Å². The van der Waals surface area contributed by atoms with Gasteiger partial charge in [-0.3, -0.25) is 0 Å². The van der Waals surface area contributed by atoms with Gasteiger partial charge in [-0.05, 0) is 37.0 Å². The van der Waals surface area contributed by atoms with E-state index in [-0.39, 0.29) is 5.04 Å². The second-order valence-electron chi connectivity index (χ2n) is 5.59. The van der Waals surface area contributed by atoms with E-state index in [4.69, 9.17) is 9.53 Å². The molecule has 2 nitrogen and oxygen atoms in total. The second-order valence-corrected chi connectivity index (χ2v) is 10.3. The maximum Gasteiger partial charge on any atom is 0.192 e. The summed E-state index contributed by atoms with van der Waals surface area (Å²) in [6.07, 6.45) is 4.25. The molecule has 0 atom stereocenters. The molecule has 0 heterocycles. The van der Waals surface area contributed by atoms with Gasteiger partial charge in [0.25, 0.3) is 0 Å². The molecule has 0 unspecified atom stereocenters. The van der Waals surface area contributed by atoms with Crippen LogP contribution in [0.4, 0.5) is 4.39 Å². The molecule has 0 rings (SSSR count). The van der Waals surface area contributed by atoms with Crippen LogP contribution < -0.4 is 0 Å². The highest BCUT2D eigenvalue weighted by Gasteiger charge is 2.39. The molecule has 0 amide bonds. The lowest BCUT2D eigenvalue weighted by Crippen LogP contribution is -2.42. The first kappa shape index (κ1) is 16.8. The van der Waals surface area contributed by atoms with E-state index in [1.165, 1.54) is 6.08 Å². The molecule has 0 aliphatic carbocycles. The zero-order valence-corrected chi connectivity index (χ0v) is 12.8. The normalized spacial score (nSPS) is 14.2. The zero-order chi connectivity index (χ0) is 13.5. The van der Waals surface area contributed by atoms with Crippen LogP contribution in [0.15, 0.2) is 11.9 Å². The number of halogens is 1. The minimum absolute atomic E-state index is 0.237. The average molecular weight is 262 g/mol. The Morgan fingerprint density at radius 2 is 2.00 bits per heavy atom. The third-order valence-corrected chi connectivity index (χ3v) is 8.04. The topological polar surface area (TPSA) is 29.5 Å². The molecule has 4 heteroatoms. The number of hydrogen-bond donors (Lipinski definition) is 1. The molecular weight excluding hydrogens is 235 g/mol. The largest absolute Gasteiger partial charge is 0.417 e. The summed E-state index contributed by atoms with van der Waals surface area (Å²) in [5.74, 6) is -0.471. The van der Waals surface area contributed by atoms with Crippen molar-refractivity contribution in [3.8, 4) is 0 Å². The fourth-order valence-electron chi connectivity index (χ4n) is 1.72. The van der Waals surface area contributed by atoms with Crippen molar-refractivity contribution in [2.24, 2.45) is 0 Å². The lowest BCUT2D eigenvalue weighted by molar-refractivity contribution is 0.280. The Balaban J connectivity index is 4.18. The molecule has 0 aliphatic heterocycles. The molecule has 0 aromatic carbocycles. The van der Waals surface area contributed by atoms with E-state index < -0.39 is 20.8 Å². The van der Waals surface area contributed by atoms with E-state index in [0.29, 0.717) is 13.0 Å². The van der Waals surface area contributed by atoms with Crippen molar-refractivity contribution >= 4 is 8.32 Å². The van der Waals surface area contributed by atoms with E-state index in [9.17, 15) is 4.39 Å². The molecule has 0 saturated heterocycles. The quantitative estimate of drug-likeness (QED) is 0.529. The first-order valence-corrected chi connectivity index (χ1v) is 9.27. The fraction of sp³-hybridized carbons (Fsp3) is 0.846. The van der Waals surface area contributed by atoms with Crippen LogP contribution in [0, 0.1) is 0 Å². The van der Waals surface area contributed by atoms with Crippen molar-refractivity contribution in [1.82, 2.24) is 0 Å². The fourth-order valence-corrected chi connectivity index (χ4v) is 3.59. The van der Waals surface area contributed by atoms with Gasteiger partial charge in [-0.1, -0.05) is 27.2 Å². The lowest BCUT2D eigenvalue weighted by atomic mass is 10.1. The van der Waals surface area contributed by atoms with Crippen molar-refractivity contribution in [2.45, 2.75) is 58.2 Å². The van der Waals surface area contributed by atoms with Gasteiger partial charge in [0.2, 0.25) is 0 Å². The Labute approximate surface area is 106 Å². The molecule has 0 saturated carbocycles. The summed E-state index contributed by atoms with van der Waals surface area (Å²) in [6.45, 7) is 11.2. The summed E-state index contributed by atoms with van der Waals surface area (Å²) in [5.41, 5.74) is 0. The molecule has 0 aromatic rings. The average Bonchev–Trinajstić information content (AvgIpc) is 2.23. The molecule has 0 aliphatic rings. The molecule has 0 bridgehead atoms. The van der Waals surface area contributed by atoms with Gasteiger partial charge in [-0.15, -0.1) is 0 Å². The van der Waals surface area contributed by atoms with Crippen molar-refractivity contribution in [1.29, 1.82) is 0 Å². The second kappa shape index (κ2) is 7.29. The Morgan fingerprint density at radius 1 is 1.41 bits per heavy atom. The maximum absolute atomic E-state index is 12.7. The highest BCUT2D eigenvalue weighted by Crippen LogP contribution is 2.41. The Bertz CT molecular complexity index is 250. The van der Waals surface area contributed by atoms with Gasteiger partial charge >= 0.3 is 0 Å². The molecule has 102 valence electrons. The molecule has 0 aromatic heterocycles. The van der Waals surface area contributed by atoms with Crippen molar-refractivity contribution in [3.05, 3.63) is 11.9 Å². The summed E-state index contributed by atoms with van der Waals surface area (Å²) in [4.78, 5) is 0. The summed E-state index contributed by atoms with van der Waals surface area (Å²) in [6, 6.07) is 0. The summed E-state index contributed by atoms with van der Waals surface area (Å²) >= 11 is 0. The number of aliphatic hydroxyl groups is 1. The SMILES string of the molecule is CCCC(C)(C)[Si](C)(C)OCC/C=C(/F)CO. The zero-order valence-electron chi connectivity index (χ0n) is 11.8. The molecule has 0 spiro atoms. The predicted octanol–water partition coefficient (Wildman–Crippen LogP) is 4.02. The van der Waals surface area contributed by atoms with Crippen LogP contribution >= 0.6 is 0 Å². The van der Waals surface area contributed by atoms with Gasteiger partial charge in [0.1, 0.15) is 5.83 Å². The number of hydrogen-bond acceptors (Lipinski definition) is 2. The smallest absolute Gasteiger partial charge is 0.192 e. The summed E-state index contributed by atoms with van der Waals surface area (Å²) in [7, 11) is -1.75. The minimum atomic E-state index is -1.75. The van der Waals surface area contributed by atoms with E-state index in [0.717, 1.165) is 12.8 Å². The Morgan fingerprint density at radius 3 is 2.47 bits per heavy atom. The lowest BCUT2D eigenvalue weighted by Gasteiger charge is -2.39. The van der Waals surface area contributed by atoms with Crippen molar-refractivity contribution in [2.75, 3.05) is 13.2 Å². The maximum atomic E-state index is 12.7. The van der Waals surface area contributed by atoms with Crippen molar-refractivity contribution < 1.29 is 13.9 Å². The van der Waals surface area contributed by atoms with Gasteiger partial charge in [-0.2, -0.15) is 0 Å². The van der Waals surface area contributed by atoms with Crippen LogP contribution in [0.25, 0.3) is 0 Å². The minimum Gasteiger partial charge on any atom is -0.417 e. The highest BCUT2D eigenvalue weighted by molar-refractivity contribution is 6.74. The van der Waals surface area contributed by atoms with Gasteiger partial charge < -0.3 is 9.53 Å². The van der Waals surface area contributed by atoms with E-state index in [1.807, 2.05) is 0 Å². The Hall–Kier alpha value is -0.193. The van der Waals surface area contributed by atoms with Crippen LogP contribution in [0.5, 0.6) is 0 Å². The third-order valence-electron chi connectivity index (χ3n) is 3.60. The van der Waals surface area contributed by atoms with Crippen LogP contribution in [-0.2, 0) is 4.43 Å². The first-order chi connectivity index (χ1) is 7.77. The summed E-state index contributed by atoms with van der Waals surface area (Å²) < 4.78 is 18.7. The van der Waals surface area contributed by atoms with Gasteiger partial charge in [-0.25, -0.2) is 4.39 Å². The van der Waals surface area contributed by atoms with Crippen LogP contribution in [0.1, 0.15) is 40.0 Å². The first-order valence-electron chi connectivity index (χ1n) is 6.36. The highest BCUT2D eigenvalue weighted by atomic mass is 28.4. The van der Waals surface area contributed by atoms with Crippen LogP contribution in [0.3, 0.4) is 0 Å². The molecular formula is C13H27FO2Si. The van der Waals surface area contributed by atoms with Crippen LogP contribution in [-0.4, -0.2) is 26.6 Å². The summed E-state index contributed by atoms with van der Waals surface area (Å²) in [5, 5.41) is 8.75. The molecule has 0 fully saturated rings. The number of aliphatic hydroxyl groups excluding tert-OH is 1.